The molecular formula is C19H17ClN2O4. The van der Waals surface area contributed by atoms with Crippen LogP contribution in [-0.4, -0.2) is 24.1 Å². The Morgan fingerprint density at radius 2 is 1.73 bits per heavy atom. The van der Waals surface area contributed by atoms with E-state index in [1.165, 1.54) is 13.8 Å². The molecule has 26 heavy (non-hydrogen) atoms. The van der Waals surface area contributed by atoms with Gasteiger partial charge in [0.05, 0.1) is 11.3 Å². The van der Waals surface area contributed by atoms with Crippen molar-refractivity contribution in [2.45, 2.75) is 26.1 Å². The number of ether oxygens (including phenoxy) is 2. The topological polar surface area (TPSA) is 88.4 Å². The van der Waals surface area contributed by atoms with Crippen molar-refractivity contribution in [2.75, 3.05) is 5.32 Å². The lowest BCUT2D eigenvalue weighted by Crippen LogP contribution is -2.35. The van der Waals surface area contributed by atoms with Crippen molar-refractivity contribution in [3.63, 3.8) is 0 Å². The molecule has 0 fully saturated rings. The second-order valence-corrected chi connectivity index (χ2v) is 5.88. The van der Waals surface area contributed by atoms with E-state index in [9.17, 15) is 9.59 Å². The van der Waals surface area contributed by atoms with Crippen LogP contribution >= 0.6 is 11.6 Å². The Bertz CT molecular complexity index is 830. The third-order valence-corrected chi connectivity index (χ3v) is 3.68. The third kappa shape index (κ3) is 5.23. The Morgan fingerprint density at radius 1 is 1.08 bits per heavy atom. The molecule has 0 aromatic heterocycles. The number of esters is 1. The number of amides is 1. The molecule has 0 aliphatic heterocycles. The van der Waals surface area contributed by atoms with Gasteiger partial charge in [-0.15, -0.1) is 0 Å². The van der Waals surface area contributed by atoms with Gasteiger partial charge >= 0.3 is 5.97 Å². The van der Waals surface area contributed by atoms with Crippen molar-refractivity contribution in [3.8, 4) is 11.8 Å². The molecule has 2 atom stereocenters. The second kappa shape index (κ2) is 8.88. The lowest BCUT2D eigenvalue weighted by molar-refractivity contribution is -0.159. The van der Waals surface area contributed by atoms with Crippen LogP contribution in [0.3, 0.4) is 0 Å². The summed E-state index contributed by atoms with van der Waals surface area (Å²) in [7, 11) is 0. The Hall–Kier alpha value is -3.04. The number of carbonyl (C=O) groups excluding carboxylic acids is 2. The minimum atomic E-state index is -1.05. The van der Waals surface area contributed by atoms with Gasteiger partial charge in [0, 0.05) is 5.02 Å². The summed E-state index contributed by atoms with van der Waals surface area (Å²) >= 11 is 5.79. The number of benzene rings is 2. The highest BCUT2D eigenvalue weighted by molar-refractivity contribution is 6.30. The van der Waals surface area contributed by atoms with Gasteiger partial charge in [-0.3, -0.25) is 4.79 Å². The summed E-state index contributed by atoms with van der Waals surface area (Å²) in [5.41, 5.74) is 0.673. The maximum absolute atomic E-state index is 12.2. The molecule has 0 saturated heterocycles. The quantitative estimate of drug-likeness (QED) is 0.783. The number of nitrogens with one attached hydrogen (secondary N) is 1. The molecule has 0 heterocycles. The molecule has 0 bridgehead atoms. The molecule has 0 aliphatic carbocycles. The molecule has 0 aliphatic rings. The van der Waals surface area contributed by atoms with E-state index in [0.717, 1.165) is 0 Å². The smallest absolute Gasteiger partial charge is 0.347 e. The van der Waals surface area contributed by atoms with Crippen molar-refractivity contribution in [1.82, 2.24) is 0 Å². The van der Waals surface area contributed by atoms with Gasteiger partial charge in [0.1, 0.15) is 11.8 Å². The molecule has 2 aromatic rings. The third-order valence-electron chi connectivity index (χ3n) is 3.43. The highest BCUT2D eigenvalue weighted by Gasteiger charge is 2.23. The minimum absolute atomic E-state index is 0.318. The predicted molar refractivity (Wildman–Crippen MR) is 96.9 cm³/mol. The SMILES string of the molecule is C[C@H](OC(=O)[C@H](C)Oc1ccc(Cl)cc1)C(=O)Nc1ccccc1C#N. The largest absolute Gasteiger partial charge is 0.479 e. The van der Waals surface area contributed by atoms with Crippen LogP contribution in [0.15, 0.2) is 48.5 Å². The summed E-state index contributed by atoms with van der Waals surface area (Å²) in [6, 6.07) is 15.1. The fraction of sp³-hybridized carbons (Fsp3) is 0.211. The normalized spacial score (nSPS) is 12.4. The first kappa shape index (κ1) is 19.3. The zero-order valence-electron chi connectivity index (χ0n) is 14.2. The Morgan fingerprint density at radius 3 is 2.38 bits per heavy atom. The maximum atomic E-state index is 12.2. The highest BCUT2D eigenvalue weighted by Crippen LogP contribution is 2.18. The van der Waals surface area contributed by atoms with Crippen molar-refractivity contribution < 1.29 is 19.1 Å². The second-order valence-electron chi connectivity index (χ2n) is 5.44. The van der Waals surface area contributed by atoms with E-state index in [1.807, 2.05) is 6.07 Å². The monoisotopic (exact) mass is 372 g/mol. The van der Waals surface area contributed by atoms with Crippen molar-refractivity contribution >= 4 is 29.2 Å². The summed E-state index contributed by atoms with van der Waals surface area (Å²) in [6.07, 6.45) is -1.96. The average Bonchev–Trinajstić information content (AvgIpc) is 2.63. The van der Waals surface area contributed by atoms with Gasteiger partial charge in [0.15, 0.2) is 12.2 Å². The standard InChI is InChI=1S/C19H17ClN2O4/c1-12(18(23)22-17-6-4-3-5-14(17)11-21)26-19(24)13(2)25-16-9-7-15(20)8-10-16/h3-10,12-13H,1-2H3,(H,22,23)/t12-,13-/m0/s1. The van der Waals surface area contributed by atoms with Gasteiger partial charge in [0.2, 0.25) is 0 Å². The molecule has 7 heteroatoms. The van der Waals surface area contributed by atoms with E-state index in [1.54, 1.807) is 48.5 Å². The number of nitrogens with zero attached hydrogens (tertiary/aromatic N) is 1. The Labute approximate surface area is 156 Å². The highest BCUT2D eigenvalue weighted by atomic mass is 35.5. The zero-order chi connectivity index (χ0) is 19.1. The summed E-state index contributed by atoms with van der Waals surface area (Å²) in [4.78, 5) is 24.3. The first-order valence-electron chi connectivity index (χ1n) is 7.83. The molecule has 2 rings (SSSR count). The molecule has 1 N–H and O–H groups in total. The van der Waals surface area contributed by atoms with Gasteiger partial charge in [-0.1, -0.05) is 23.7 Å². The molecule has 134 valence electrons. The summed E-state index contributed by atoms with van der Waals surface area (Å²) < 4.78 is 10.6. The van der Waals surface area contributed by atoms with Gasteiger partial charge in [0.25, 0.3) is 5.91 Å². The molecule has 0 saturated carbocycles. The molecule has 0 unspecified atom stereocenters. The molecule has 6 nitrogen and oxygen atoms in total. The molecule has 1 amide bonds. The summed E-state index contributed by atoms with van der Waals surface area (Å²) in [5.74, 6) is -0.769. The van der Waals surface area contributed by atoms with E-state index in [2.05, 4.69) is 5.32 Å². The van der Waals surface area contributed by atoms with Gasteiger partial charge < -0.3 is 14.8 Å². The number of hydrogen-bond donors (Lipinski definition) is 1. The fourth-order valence-electron chi connectivity index (χ4n) is 2.01. The van der Waals surface area contributed by atoms with Crippen molar-refractivity contribution in [2.24, 2.45) is 0 Å². The van der Waals surface area contributed by atoms with Gasteiger partial charge in [-0.2, -0.15) is 5.26 Å². The van der Waals surface area contributed by atoms with E-state index >= 15 is 0 Å². The summed E-state index contributed by atoms with van der Waals surface area (Å²) in [5, 5.41) is 12.2. The number of nitriles is 1. The maximum Gasteiger partial charge on any atom is 0.347 e. The van der Waals surface area contributed by atoms with Crippen molar-refractivity contribution in [3.05, 3.63) is 59.1 Å². The van der Waals surface area contributed by atoms with E-state index in [4.69, 9.17) is 26.3 Å². The molecule has 2 aromatic carbocycles. The van der Waals surface area contributed by atoms with E-state index < -0.39 is 24.1 Å². The molecule has 0 radical (unpaired) electrons. The van der Waals surface area contributed by atoms with Crippen LogP contribution in [0.5, 0.6) is 5.75 Å². The van der Waals surface area contributed by atoms with Crippen LogP contribution < -0.4 is 10.1 Å². The number of hydrogen-bond acceptors (Lipinski definition) is 5. The van der Waals surface area contributed by atoms with E-state index in [0.29, 0.717) is 22.0 Å². The summed E-state index contributed by atoms with van der Waals surface area (Å²) in [6.45, 7) is 2.96. The van der Waals surface area contributed by atoms with E-state index in [-0.39, 0.29) is 0 Å². The van der Waals surface area contributed by atoms with Gasteiger partial charge in [-0.05, 0) is 50.2 Å². The molecular weight excluding hydrogens is 356 g/mol. The first-order valence-corrected chi connectivity index (χ1v) is 8.21. The predicted octanol–water partition coefficient (Wildman–Crippen LogP) is 3.55. The van der Waals surface area contributed by atoms with Crippen molar-refractivity contribution in [1.29, 1.82) is 5.26 Å². The van der Waals surface area contributed by atoms with Crippen LogP contribution in [0.1, 0.15) is 19.4 Å². The number of para-hydroxylation sites is 1. The number of carbonyl (C=O) groups is 2. The van der Waals surface area contributed by atoms with Crippen LogP contribution in [0.2, 0.25) is 5.02 Å². The average molecular weight is 373 g/mol. The minimum Gasteiger partial charge on any atom is -0.479 e. The van der Waals surface area contributed by atoms with Crippen LogP contribution in [0.4, 0.5) is 5.69 Å². The lowest BCUT2D eigenvalue weighted by atomic mass is 10.2. The Balaban J connectivity index is 1.92. The first-order chi connectivity index (χ1) is 12.4. The number of anilines is 1. The van der Waals surface area contributed by atoms with Gasteiger partial charge in [-0.25, -0.2) is 4.79 Å². The lowest BCUT2D eigenvalue weighted by Gasteiger charge is -2.18. The zero-order valence-corrected chi connectivity index (χ0v) is 15.0. The fourth-order valence-corrected chi connectivity index (χ4v) is 2.14. The molecule has 0 spiro atoms. The van der Waals surface area contributed by atoms with Crippen LogP contribution in [0.25, 0.3) is 0 Å². The van der Waals surface area contributed by atoms with Crippen LogP contribution in [0, 0.1) is 11.3 Å². The number of halogens is 1. The number of rotatable bonds is 6. The van der Waals surface area contributed by atoms with Crippen LogP contribution in [-0.2, 0) is 14.3 Å². The Kier molecular flexibility index (Phi) is 6.59.